The molecule has 0 atom stereocenters. The first-order chi connectivity index (χ1) is 15.9. The zero-order valence-corrected chi connectivity index (χ0v) is 19.2. The average Bonchev–Trinajstić information content (AvgIpc) is 2.75. The zero-order chi connectivity index (χ0) is 24.9. The third-order valence-electron chi connectivity index (χ3n) is 6.12. The number of rotatable bonds is 8. The highest BCUT2D eigenvalue weighted by Gasteiger charge is 2.34. The van der Waals surface area contributed by atoms with E-state index in [2.05, 4.69) is 4.74 Å². The van der Waals surface area contributed by atoms with Crippen molar-refractivity contribution >= 4 is 11.6 Å². The van der Waals surface area contributed by atoms with Gasteiger partial charge in [0.05, 0.1) is 10.6 Å². The molecule has 1 aliphatic carbocycles. The van der Waals surface area contributed by atoms with Crippen LogP contribution < -0.4 is 10.5 Å². The van der Waals surface area contributed by atoms with Crippen LogP contribution >= 0.6 is 11.6 Å². The summed E-state index contributed by atoms with van der Waals surface area (Å²) >= 11 is 5.76. The molecular weight excluding hydrogens is 482 g/mol. The van der Waals surface area contributed by atoms with Crippen molar-refractivity contribution in [1.29, 1.82) is 0 Å². The smallest absolute Gasteiger partial charge is 0.406 e. The molecule has 0 bridgehead atoms. The second kappa shape index (κ2) is 11.2. The Morgan fingerprint density at radius 1 is 0.853 bits per heavy atom. The molecule has 3 rings (SSSR count). The van der Waals surface area contributed by atoms with E-state index in [0.717, 1.165) is 37.3 Å². The van der Waals surface area contributed by atoms with E-state index in [1.165, 1.54) is 30.3 Å². The van der Waals surface area contributed by atoms with Crippen molar-refractivity contribution in [1.82, 2.24) is 4.90 Å². The Balaban J connectivity index is 1.76. The van der Waals surface area contributed by atoms with E-state index >= 15 is 0 Å². The summed E-state index contributed by atoms with van der Waals surface area (Å²) in [7, 11) is 0. The molecule has 1 aliphatic rings. The minimum atomic E-state index is -4.78. The molecule has 2 aromatic rings. The molecule has 10 heteroatoms. The number of alkyl halides is 6. The molecule has 0 unspecified atom stereocenters. The van der Waals surface area contributed by atoms with Crippen LogP contribution in [-0.4, -0.2) is 24.4 Å². The van der Waals surface area contributed by atoms with Crippen LogP contribution in [0.2, 0.25) is 5.02 Å². The Morgan fingerprint density at radius 2 is 1.41 bits per heavy atom. The van der Waals surface area contributed by atoms with E-state index < -0.39 is 18.1 Å². The van der Waals surface area contributed by atoms with Gasteiger partial charge in [0.25, 0.3) is 0 Å². The van der Waals surface area contributed by atoms with Crippen LogP contribution in [0.5, 0.6) is 5.75 Å². The zero-order valence-electron chi connectivity index (χ0n) is 18.4. The van der Waals surface area contributed by atoms with Crippen LogP contribution in [0.15, 0.2) is 42.5 Å². The van der Waals surface area contributed by atoms with E-state index in [-0.39, 0.29) is 17.3 Å². The lowest BCUT2D eigenvalue weighted by Gasteiger charge is -2.32. The van der Waals surface area contributed by atoms with Crippen molar-refractivity contribution in [2.45, 2.75) is 51.3 Å². The summed E-state index contributed by atoms with van der Waals surface area (Å²) in [4.78, 5) is 2.02. The lowest BCUT2D eigenvalue weighted by molar-refractivity contribution is -0.274. The van der Waals surface area contributed by atoms with Gasteiger partial charge in [-0.15, -0.1) is 13.2 Å². The highest BCUT2D eigenvalue weighted by molar-refractivity contribution is 6.31. The van der Waals surface area contributed by atoms with Crippen molar-refractivity contribution in [3.05, 3.63) is 64.2 Å². The minimum absolute atomic E-state index is 0.248. The highest BCUT2D eigenvalue weighted by atomic mass is 35.5. The highest BCUT2D eigenvalue weighted by Crippen LogP contribution is 2.36. The largest absolute Gasteiger partial charge is 0.573 e. The minimum Gasteiger partial charge on any atom is -0.406 e. The number of halogens is 7. The van der Waals surface area contributed by atoms with Crippen LogP contribution in [0.4, 0.5) is 26.3 Å². The fourth-order valence-electron chi connectivity index (χ4n) is 4.40. The molecule has 0 spiro atoms. The molecule has 0 saturated heterocycles. The lowest BCUT2D eigenvalue weighted by Crippen LogP contribution is -2.32. The van der Waals surface area contributed by atoms with Gasteiger partial charge in [0, 0.05) is 19.6 Å². The average molecular weight is 509 g/mol. The normalized spacial score (nSPS) is 19.4. The summed E-state index contributed by atoms with van der Waals surface area (Å²) in [6.07, 6.45) is -5.36. The number of nitrogens with two attached hydrogens (primary N) is 1. The van der Waals surface area contributed by atoms with Crippen molar-refractivity contribution in [2.75, 3.05) is 13.1 Å². The number of hydrogen-bond donors (Lipinski definition) is 1. The maximum Gasteiger partial charge on any atom is 0.573 e. The van der Waals surface area contributed by atoms with Gasteiger partial charge in [0.15, 0.2) is 0 Å². The fraction of sp³-hybridized carbons (Fsp3) is 0.500. The molecule has 0 aromatic heterocycles. The third-order valence-corrected chi connectivity index (χ3v) is 6.45. The summed E-state index contributed by atoms with van der Waals surface area (Å²) in [6.45, 7) is 1.92. The van der Waals surface area contributed by atoms with Crippen LogP contribution in [0.1, 0.15) is 42.4 Å². The monoisotopic (exact) mass is 508 g/mol. The molecule has 2 aromatic carbocycles. The summed E-state index contributed by atoms with van der Waals surface area (Å²) < 4.78 is 81.1. The van der Waals surface area contributed by atoms with Gasteiger partial charge in [-0.2, -0.15) is 13.2 Å². The molecule has 1 fully saturated rings. The van der Waals surface area contributed by atoms with Crippen molar-refractivity contribution < 1.29 is 31.1 Å². The van der Waals surface area contributed by atoms with Crippen molar-refractivity contribution in [3.63, 3.8) is 0 Å². The topological polar surface area (TPSA) is 38.5 Å². The second-order valence-corrected chi connectivity index (χ2v) is 9.20. The van der Waals surface area contributed by atoms with E-state index in [4.69, 9.17) is 17.3 Å². The first-order valence-corrected chi connectivity index (χ1v) is 11.4. The van der Waals surface area contributed by atoms with Gasteiger partial charge < -0.3 is 10.5 Å². The summed E-state index contributed by atoms with van der Waals surface area (Å²) in [5, 5.41) is -0.358. The first kappa shape index (κ1) is 26.6. The maximum absolute atomic E-state index is 13.3. The fourth-order valence-corrected chi connectivity index (χ4v) is 4.63. The first-order valence-electron chi connectivity index (χ1n) is 11.1. The van der Waals surface area contributed by atoms with Crippen LogP contribution in [0.25, 0.3) is 0 Å². The number of nitrogens with zero attached hydrogens (tertiary/aromatic N) is 1. The summed E-state index contributed by atoms with van der Waals surface area (Å²) in [5.41, 5.74) is 6.08. The van der Waals surface area contributed by atoms with E-state index in [0.29, 0.717) is 37.0 Å². The van der Waals surface area contributed by atoms with Gasteiger partial charge >= 0.3 is 12.5 Å². The quantitative estimate of drug-likeness (QED) is 0.389. The molecule has 1 saturated carbocycles. The van der Waals surface area contributed by atoms with Crippen molar-refractivity contribution in [2.24, 2.45) is 17.6 Å². The predicted octanol–water partition coefficient (Wildman–Crippen LogP) is 7.02. The summed E-state index contributed by atoms with van der Waals surface area (Å²) in [6, 6.07) is 9.39. The molecule has 3 nitrogen and oxygen atoms in total. The Bertz CT molecular complexity index is 925. The standard InChI is InChI=1S/C24H27ClF6N2O/c25-22-10-7-19(11-21(22)23(26,27)28)15-33(13-17-3-1-16(12-32)2-4-17)14-18-5-8-20(9-6-18)34-24(29,30)31/h5-11,16-17H,1-4,12-15,32H2. The third kappa shape index (κ3) is 8.06. The van der Waals surface area contributed by atoms with Gasteiger partial charge in [-0.3, -0.25) is 4.90 Å². The van der Waals surface area contributed by atoms with Gasteiger partial charge in [0.1, 0.15) is 5.75 Å². The van der Waals surface area contributed by atoms with E-state index in [1.807, 2.05) is 4.90 Å². The molecule has 188 valence electrons. The Hall–Kier alpha value is -1.97. The SMILES string of the molecule is NCC1CCC(CN(Cc2ccc(OC(F)(F)F)cc2)Cc2ccc(Cl)c(C(F)(F)F)c2)CC1. The Kier molecular flexibility index (Phi) is 8.76. The maximum atomic E-state index is 13.3. The Labute approximate surface area is 199 Å². The molecule has 0 radical (unpaired) electrons. The number of ether oxygens (including phenoxy) is 1. The molecule has 0 heterocycles. The van der Waals surface area contributed by atoms with Crippen molar-refractivity contribution in [3.8, 4) is 5.75 Å². The molecule has 0 aliphatic heterocycles. The number of hydrogen-bond acceptors (Lipinski definition) is 3. The van der Waals surface area contributed by atoms with Crippen LogP contribution in [0, 0.1) is 11.8 Å². The van der Waals surface area contributed by atoms with Gasteiger partial charge in [-0.05, 0) is 79.5 Å². The predicted molar refractivity (Wildman–Crippen MR) is 118 cm³/mol. The Morgan fingerprint density at radius 3 is 1.97 bits per heavy atom. The molecule has 2 N–H and O–H groups in total. The van der Waals surface area contributed by atoms with Gasteiger partial charge in [0.2, 0.25) is 0 Å². The molecular formula is C24H27ClF6N2O. The number of benzene rings is 2. The van der Waals surface area contributed by atoms with E-state index in [9.17, 15) is 26.3 Å². The van der Waals surface area contributed by atoms with Crippen LogP contribution in [0.3, 0.4) is 0 Å². The van der Waals surface area contributed by atoms with Gasteiger partial charge in [-0.1, -0.05) is 29.8 Å². The van der Waals surface area contributed by atoms with Crippen LogP contribution in [-0.2, 0) is 19.3 Å². The van der Waals surface area contributed by atoms with Gasteiger partial charge in [-0.25, -0.2) is 0 Å². The summed E-state index contributed by atoms with van der Waals surface area (Å²) in [5.74, 6) is 0.539. The second-order valence-electron chi connectivity index (χ2n) is 8.80. The molecule has 0 amide bonds. The lowest BCUT2D eigenvalue weighted by atomic mass is 9.82. The molecule has 34 heavy (non-hydrogen) atoms. The van der Waals surface area contributed by atoms with E-state index in [1.54, 1.807) is 6.07 Å².